The second-order valence-corrected chi connectivity index (χ2v) is 13.6. The Labute approximate surface area is 262 Å². The molecule has 11 heteroatoms. The standard InChI is InChI=1S/C31H34Cl3N3O4S/c1-21-13-15-25(18-28(21)33)37(42(40,41)26-11-7-4-8-12-26)20-30(38)36(19-23-14-16-27(32)29(34)17-23)22(2)31(39)35-24-9-5-3-6-10-24/h4,7-8,11-18,22,24H,3,5-6,9-10,19-20H2,1-2H3,(H,35,39). The molecule has 0 radical (unpaired) electrons. The number of carbonyl (C=O) groups excluding carboxylic acids is 2. The van der Waals surface area contributed by atoms with Crippen LogP contribution in [0.5, 0.6) is 0 Å². The van der Waals surface area contributed by atoms with Crippen LogP contribution in [0.3, 0.4) is 0 Å². The summed E-state index contributed by atoms with van der Waals surface area (Å²) in [6.45, 7) is 2.91. The molecule has 1 unspecified atom stereocenters. The van der Waals surface area contributed by atoms with E-state index in [0.29, 0.717) is 20.6 Å². The highest BCUT2D eigenvalue weighted by molar-refractivity contribution is 7.92. The second kappa shape index (κ2) is 14.1. The van der Waals surface area contributed by atoms with Crippen LogP contribution in [0.4, 0.5) is 5.69 Å². The Morgan fingerprint density at radius 3 is 2.24 bits per heavy atom. The highest BCUT2D eigenvalue weighted by atomic mass is 35.5. The number of sulfonamides is 1. The molecule has 1 aliphatic carbocycles. The zero-order valence-corrected chi connectivity index (χ0v) is 26.6. The van der Waals surface area contributed by atoms with E-state index in [9.17, 15) is 18.0 Å². The third kappa shape index (κ3) is 7.78. The lowest BCUT2D eigenvalue weighted by molar-refractivity contribution is -0.139. The molecule has 3 aromatic carbocycles. The van der Waals surface area contributed by atoms with Crippen LogP contribution in [0.25, 0.3) is 0 Å². The van der Waals surface area contributed by atoms with Gasteiger partial charge in [0.15, 0.2) is 0 Å². The molecule has 1 saturated carbocycles. The van der Waals surface area contributed by atoms with Crippen LogP contribution in [-0.2, 0) is 26.2 Å². The van der Waals surface area contributed by atoms with Crippen molar-refractivity contribution in [2.45, 2.75) is 69.5 Å². The first-order valence-corrected chi connectivity index (χ1v) is 16.4. The van der Waals surface area contributed by atoms with Gasteiger partial charge in [0, 0.05) is 17.6 Å². The molecule has 0 saturated heterocycles. The van der Waals surface area contributed by atoms with E-state index in [1.807, 2.05) is 0 Å². The van der Waals surface area contributed by atoms with Crippen LogP contribution < -0.4 is 9.62 Å². The molecule has 7 nitrogen and oxygen atoms in total. The minimum Gasteiger partial charge on any atom is -0.352 e. The van der Waals surface area contributed by atoms with Crippen molar-refractivity contribution in [1.29, 1.82) is 0 Å². The molecule has 3 aromatic rings. The Morgan fingerprint density at radius 1 is 0.905 bits per heavy atom. The van der Waals surface area contributed by atoms with Crippen LogP contribution in [0.1, 0.15) is 50.2 Å². The predicted molar refractivity (Wildman–Crippen MR) is 169 cm³/mol. The number of anilines is 1. The van der Waals surface area contributed by atoms with E-state index in [1.54, 1.807) is 62.4 Å². The smallest absolute Gasteiger partial charge is 0.264 e. The number of benzene rings is 3. The van der Waals surface area contributed by atoms with Crippen LogP contribution in [0.15, 0.2) is 71.6 Å². The first-order chi connectivity index (χ1) is 20.0. The Balaban J connectivity index is 1.70. The maximum atomic E-state index is 14.1. The number of amides is 2. The van der Waals surface area contributed by atoms with Gasteiger partial charge in [0.2, 0.25) is 11.8 Å². The van der Waals surface area contributed by atoms with E-state index in [2.05, 4.69) is 5.32 Å². The fourth-order valence-electron chi connectivity index (χ4n) is 4.97. The second-order valence-electron chi connectivity index (χ2n) is 10.5. The predicted octanol–water partition coefficient (Wildman–Crippen LogP) is 7.02. The lowest BCUT2D eigenvalue weighted by atomic mass is 9.95. The molecule has 0 heterocycles. The number of nitrogens with zero attached hydrogens (tertiary/aromatic N) is 2. The summed E-state index contributed by atoms with van der Waals surface area (Å²) < 4.78 is 28.8. The van der Waals surface area contributed by atoms with E-state index in [1.165, 1.54) is 23.1 Å². The number of halogens is 3. The number of aryl methyl sites for hydroxylation is 1. The topological polar surface area (TPSA) is 86.8 Å². The molecule has 0 bridgehead atoms. The van der Waals surface area contributed by atoms with Crippen LogP contribution in [0, 0.1) is 6.92 Å². The summed E-state index contributed by atoms with van der Waals surface area (Å²) in [5.41, 5.74) is 1.64. The normalized spacial score (nSPS) is 14.7. The van der Waals surface area contributed by atoms with Crippen molar-refractivity contribution in [3.63, 3.8) is 0 Å². The molecule has 1 aliphatic rings. The number of rotatable bonds is 10. The molecule has 0 spiro atoms. The van der Waals surface area contributed by atoms with Crippen LogP contribution in [-0.4, -0.2) is 43.8 Å². The zero-order chi connectivity index (χ0) is 30.4. The Morgan fingerprint density at radius 2 is 1.60 bits per heavy atom. The largest absolute Gasteiger partial charge is 0.352 e. The van der Waals surface area contributed by atoms with Crippen molar-refractivity contribution >= 4 is 62.3 Å². The third-order valence-electron chi connectivity index (χ3n) is 7.51. The van der Waals surface area contributed by atoms with Crippen molar-refractivity contribution in [2.24, 2.45) is 0 Å². The lowest BCUT2D eigenvalue weighted by Gasteiger charge is -2.33. The Kier molecular flexibility index (Phi) is 10.8. The van der Waals surface area contributed by atoms with E-state index in [-0.39, 0.29) is 29.1 Å². The number of carbonyl (C=O) groups is 2. The van der Waals surface area contributed by atoms with E-state index >= 15 is 0 Å². The quantitative estimate of drug-likeness (QED) is 0.256. The lowest BCUT2D eigenvalue weighted by Crippen LogP contribution is -2.53. The average Bonchev–Trinajstić information content (AvgIpc) is 2.98. The van der Waals surface area contributed by atoms with Gasteiger partial charge in [0.1, 0.15) is 12.6 Å². The summed E-state index contributed by atoms with van der Waals surface area (Å²) in [6, 6.07) is 16.8. The van der Waals surface area contributed by atoms with Crippen LogP contribution >= 0.6 is 34.8 Å². The summed E-state index contributed by atoms with van der Waals surface area (Å²) in [7, 11) is -4.18. The van der Waals surface area contributed by atoms with Gasteiger partial charge in [-0.05, 0) is 74.2 Å². The number of hydrogen-bond donors (Lipinski definition) is 1. The average molecular weight is 651 g/mol. The van der Waals surface area contributed by atoms with Gasteiger partial charge in [-0.1, -0.05) is 84.4 Å². The minimum atomic E-state index is -4.18. The van der Waals surface area contributed by atoms with Gasteiger partial charge in [-0.15, -0.1) is 0 Å². The first-order valence-electron chi connectivity index (χ1n) is 13.8. The summed E-state index contributed by atoms with van der Waals surface area (Å²) in [6.07, 6.45) is 4.99. The summed E-state index contributed by atoms with van der Waals surface area (Å²) in [5, 5.41) is 4.12. The van der Waals surface area contributed by atoms with Gasteiger partial charge in [0.05, 0.1) is 20.6 Å². The summed E-state index contributed by atoms with van der Waals surface area (Å²) in [4.78, 5) is 28.9. The molecule has 1 atom stereocenters. The fraction of sp³-hybridized carbons (Fsp3) is 0.355. The number of hydrogen-bond acceptors (Lipinski definition) is 4. The molecule has 0 aliphatic heterocycles. The van der Waals surface area contributed by atoms with Crippen molar-refractivity contribution in [3.8, 4) is 0 Å². The highest BCUT2D eigenvalue weighted by Crippen LogP contribution is 2.29. The minimum absolute atomic E-state index is 0.0167. The maximum Gasteiger partial charge on any atom is 0.264 e. The molecule has 4 rings (SSSR count). The van der Waals surface area contributed by atoms with Gasteiger partial charge in [-0.2, -0.15) is 0 Å². The van der Waals surface area contributed by atoms with Crippen molar-refractivity contribution in [3.05, 3.63) is 92.9 Å². The third-order valence-corrected chi connectivity index (χ3v) is 10.4. The molecule has 1 fully saturated rings. The van der Waals surface area contributed by atoms with Crippen molar-refractivity contribution in [2.75, 3.05) is 10.8 Å². The van der Waals surface area contributed by atoms with Crippen LogP contribution in [0.2, 0.25) is 15.1 Å². The van der Waals surface area contributed by atoms with Crippen molar-refractivity contribution in [1.82, 2.24) is 10.2 Å². The molecule has 224 valence electrons. The fourth-order valence-corrected chi connectivity index (χ4v) is 6.89. The molecule has 42 heavy (non-hydrogen) atoms. The monoisotopic (exact) mass is 649 g/mol. The van der Waals surface area contributed by atoms with Crippen molar-refractivity contribution < 1.29 is 18.0 Å². The van der Waals surface area contributed by atoms with E-state index in [0.717, 1.165) is 42.0 Å². The van der Waals surface area contributed by atoms with Gasteiger partial charge < -0.3 is 10.2 Å². The number of nitrogens with one attached hydrogen (secondary N) is 1. The van der Waals surface area contributed by atoms with Gasteiger partial charge in [-0.3, -0.25) is 13.9 Å². The summed E-state index contributed by atoms with van der Waals surface area (Å²) in [5.74, 6) is -0.866. The van der Waals surface area contributed by atoms with E-state index < -0.39 is 28.5 Å². The van der Waals surface area contributed by atoms with Gasteiger partial charge in [0.25, 0.3) is 10.0 Å². The van der Waals surface area contributed by atoms with E-state index in [4.69, 9.17) is 34.8 Å². The van der Waals surface area contributed by atoms with Gasteiger partial charge >= 0.3 is 0 Å². The molecule has 0 aromatic heterocycles. The highest BCUT2D eigenvalue weighted by Gasteiger charge is 2.33. The maximum absolute atomic E-state index is 14.1. The zero-order valence-electron chi connectivity index (χ0n) is 23.5. The molecule has 2 amide bonds. The summed E-state index contributed by atoms with van der Waals surface area (Å²) >= 11 is 18.7. The first kappa shape index (κ1) is 32.1. The Hall–Kier alpha value is -2.78. The molecule has 1 N–H and O–H groups in total. The molecular formula is C31H34Cl3N3O4S. The SMILES string of the molecule is Cc1ccc(N(CC(=O)N(Cc2ccc(Cl)c(Cl)c2)C(C)C(=O)NC2CCCCC2)S(=O)(=O)c2ccccc2)cc1Cl. The van der Waals surface area contributed by atoms with Gasteiger partial charge in [-0.25, -0.2) is 8.42 Å². The molecular weight excluding hydrogens is 617 g/mol. The Bertz CT molecular complexity index is 1530.